The van der Waals surface area contributed by atoms with Crippen molar-refractivity contribution < 1.29 is 9.53 Å². The first-order chi connectivity index (χ1) is 10.7. The second-order valence-electron chi connectivity index (χ2n) is 6.30. The number of likely N-dealkylation sites (tertiary alicyclic amines) is 1. The number of ether oxygens (including phenoxy) is 1. The van der Waals surface area contributed by atoms with Crippen LogP contribution in [0.2, 0.25) is 0 Å². The van der Waals surface area contributed by atoms with E-state index in [-0.39, 0.29) is 5.91 Å². The van der Waals surface area contributed by atoms with Gasteiger partial charge in [-0.3, -0.25) is 4.79 Å². The SMILES string of the molecule is Cn1ccc2c(C(=O)N3CC(NC4CCOC4)C3)cccc21. The Bertz CT molecular complexity index is 697. The highest BCUT2D eigenvalue weighted by Crippen LogP contribution is 2.23. The molecule has 116 valence electrons. The number of amides is 1. The van der Waals surface area contributed by atoms with Gasteiger partial charge in [-0.1, -0.05) is 6.07 Å². The molecule has 22 heavy (non-hydrogen) atoms. The molecule has 5 nitrogen and oxygen atoms in total. The first-order valence-corrected chi connectivity index (χ1v) is 7.89. The molecule has 0 aliphatic carbocycles. The number of hydrogen-bond donors (Lipinski definition) is 1. The molecule has 3 heterocycles. The van der Waals surface area contributed by atoms with Gasteiger partial charge in [0.25, 0.3) is 5.91 Å². The summed E-state index contributed by atoms with van der Waals surface area (Å²) in [5.74, 6) is 0.137. The summed E-state index contributed by atoms with van der Waals surface area (Å²) in [4.78, 5) is 14.6. The Morgan fingerprint density at radius 1 is 1.27 bits per heavy atom. The van der Waals surface area contributed by atoms with Crippen LogP contribution in [0.25, 0.3) is 10.9 Å². The highest BCUT2D eigenvalue weighted by atomic mass is 16.5. The molecule has 2 saturated heterocycles. The van der Waals surface area contributed by atoms with Crippen molar-refractivity contribution >= 4 is 16.8 Å². The Morgan fingerprint density at radius 3 is 2.91 bits per heavy atom. The summed E-state index contributed by atoms with van der Waals surface area (Å²) in [6.45, 7) is 3.23. The van der Waals surface area contributed by atoms with Crippen LogP contribution >= 0.6 is 0 Å². The zero-order chi connectivity index (χ0) is 15.1. The second kappa shape index (κ2) is 5.41. The van der Waals surface area contributed by atoms with E-state index in [1.165, 1.54) is 0 Å². The van der Waals surface area contributed by atoms with E-state index in [1.807, 2.05) is 47.0 Å². The molecule has 0 saturated carbocycles. The van der Waals surface area contributed by atoms with Crippen LogP contribution in [-0.4, -0.2) is 53.8 Å². The molecule has 1 atom stereocenters. The number of hydrogen-bond acceptors (Lipinski definition) is 3. The van der Waals surface area contributed by atoms with E-state index in [1.54, 1.807) is 0 Å². The fourth-order valence-electron chi connectivity index (χ4n) is 3.41. The Kier molecular flexibility index (Phi) is 3.39. The minimum atomic E-state index is 0.137. The molecule has 2 aliphatic heterocycles. The van der Waals surface area contributed by atoms with E-state index in [0.717, 1.165) is 49.2 Å². The zero-order valence-electron chi connectivity index (χ0n) is 12.8. The lowest BCUT2D eigenvalue weighted by Gasteiger charge is -2.41. The van der Waals surface area contributed by atoms with Gasteiger partial charge in [0.2, 0.25) is 0 Å². The van der Waals surface area contributed by atoms with E-state index in [0.29, 0.717) is 12.1 Å². The number of carbonyl (C=O) groups is 1. The second-order valence-corrected chi connectivity index (χ2v) is 6.30. The lowest BCUT2D eigenvalue weighted by Crippen LogP contribution is -2.61. The minimum Gasteiger partial charge on any atom is -0.380 e. The van der Waals surface area contributed by atoms with Gasteiger partial charge >= 0.3 is 0 Å². The molecule has 1 unspecified atom stereocenters. The van der Waals surface area contributed by atoms with Gasteiger partial charge in [-0.05, 0) is 24.6 Å². The third-order valence-electron chi connectivity index (χ3n) is 4.73. The molecule has 2 aliphatic rings. The normalized spacial score (nSPS) is 22.2. The molecule has 4 rings (SSSR count). The Labute approximate surface area is 129 Å². The summed E-state index contributed by atoms with van der Waals surface area (Å²) in [6.07, 6.45) is 3.08. The monoisotopic (exact) mass is 299 g/mol. The molecule has 2 fully saturated rings. The van der Waals surface area contributed by atoms with Gasteiger partial charge in [0.15, 0.2) is 0 Å². The topological polar surface area (TPSA) is 46.5 Å². The smallest absolute Gasteiger partial charge is 0.254 e. The maximum absolute atomic E-state index is 12.7. The maximum Gasteiger partial charge on any atom is 0.254 e. The molecule has 1 amide bonds. The molecule has 5 heteroatoms. The van der Waals surface area contributed by atoms with Crippen LogP contribution in [0.15, 0.2) is 30.5 Å². The van der Waals surface area contributed by atoms with Crippen molar-refractivity contribution in [3.8, 4) is 0 Å². The molecule has 2 aromatic rings. The summed E-state index contributed by atoms with van der Waals surface area (Å²) in [6, 6.07) is 8.82. The van der Waals surface area contributed by atoms with Crippen molar-refractivity contribution in [2.75, 3.05) is 26.3 Å². The molecular weight excluding hydrogens is 278 g/mol. The molecule has 1 aromatic heterocycles. The van der Waals surface area contributed by atoms with E-state index >= 15 is 0 Å². The number of benzene rings is 1. The molecule has 1 aromatic carbocycles. The fraction of sp³-hybridized carbons (Fsp3) is 0.471. The lowest BCUT2D eigenvalue weighted by atomic mass is 10.0. The summed E-state index contributed by atoms with van der Waals surface area (Å²) >= 11 is 0. The van der Waals surface area contributed by atoms with Crippen LogP contribution in [0.4, 0.5) is 0 Å². The Balaban J connectivity index is 1.44. The summed E-state index contributed by atoms with van der Waals surface area (Å²) in [5.41, 5.74) is 1.91. The van der Waals surface area contributed by atoms with Crippen LogP contribution in [-0.2, 0) is 11.8 Å². The van der Waals surface area contributed by atoms with Crippen molar-refractivity contribution in [3.05, 3.63) is 36.0 Å². The van der Waals surface area contributed by atoms with Gasteiger partial charge in [0, 0.05) is 61.5 Å². The molecule has 0 bridgehead atoms. The van der Waals surface area contributed by atoms with Crippen molar-refractivity contribution in [1.82, 2.24) is 14.8 Å². The largest absolute Gasteiger partial charge is 0.380 e. The van der Waals surface area contributed by atoms with Crippen LogP contribution in [0.3, 0.4) is 0 Å². The van der Waals surface area contributed by atoms with Crippen molar-refractivity contribution in [3.63, 3.8) is 0 Å². The standard InChI is InChI=1S/C17H21N3O2/c1-19-7-5-14-15(3-2-4-16(14)19)17(21)20-9-13(10-20)18-12-6-8-22-11-12/h2-5,7,12-13,18H,6,8-11H2,1H3. The number of carbonyl (C=O) groups excluding carboxylic acids is 1. The van der Waals surface area contributed by atoms with Crippen molar-refractivity contribution in [2.24, 2.45) is 7.05 Å². The van der Waals surface area contributed by atoms with E-state index in [9.17, 15) is 4.79 Å². The minimum absolute atomic E-state index is 0.137. The molecule has 1 N–H and O–H groups in total. The third-order valence-corrected chi connectivity index (χ3v) is 4.73. The predicted molar refractivity (Wildman–Crippen MR) is 85.0 cm³/mol. The zero-order valence-corrected chi connectivity index (χ0v) is 12.8. The third kappa shape index (κ3) is 2.30. The molecule has 0 radical (unpaired) electrons. The van der Waals surface area contributed by atoms with Crippen LogP contribution < -0.4 is 5.32 Å². The van der Waals surface area contributed by atoms with Gasteiger partial charge in [-0.25, -0.2) is 0 Å². The fourth-order valence-corrected chi connectivity index (χ4v) is 3.41. The number of rotatable bonds is 3. The number of aryl methyl sites for hydroxylation is 1. The first kappa shape index (κ1) is 13.8. The highest BCUT2D eigenvalue weighted by Gasteiger charge is 2.33. The number of fused-ring (bicyclic) bond motifs is 1. The first-order valence-electron chi connectivity index (χ1n) is 7.89. The van der Waals surface area contributed by atoms with Gasteiger partial charge in [-0.15, -0.1) is 0 Å². The highest BCUT2D eigenvalue weighted by molar-refractivity contribution is 6.06. The van der Waals surface area contributed by atoms with Crippen LogP contribution in [0.5, 0.6) is 0 Å². The maximum atomic E-state index is 12.7. The summed E-state index contributed by atoms with van der Waals surface area (Å²) in [7, 11) is 2.00. The average Bonchev–Trinajstić information content (AvgIpc) is 3.12. The number of nitrogens with zero attached hydrogens (tertiary/aromatic N) is 2. The van der Waals surface area contributed by atoms with E-state index in [4.69, 9.17) is 4.74 Å². The number of nitrogens with one attached hydrogen (secondary N) is 1. The predicted octanol–water partition coefficient (Wildman–Crippen LogP) is 1.38. The van der Waals surface area contributed by atoms with Gasteiger partial charge in [0.1, 0.15) is 0 Å². The summed E-state index contributed by atoms with van der Waals surface area (Å²) in [5, 5.41) is 4.61. The Hall–Kier alpha value is -1.85. The lowest BCUT2D eigenvalue weighted by molar-refractivity contribution is 0.0550. The van der Waals surface area contributed by atoms with Crippen molar-refractivity contribution in [2.45, 2.75) is 18.5 Å². The Morgan fingerprint density at radius 2 is 2.14 bits per heavy atom. The van der Waals surface area contributed by atoms with Gasteiger partial charge in [0.05, 0.1) is 6.61 Å². The van der Waals surface area contributed by atoms with Gasteiger partial charge < -0.3 is 19.5 Å². The van der Waals surface area contributed by atoms with Crippen molar-refractivity contribution in [1.29, 1.82) is 0 Å². The van der Waals surface area contributed by atoms with Gasteiger partial charge in [-0.2, -0.15) is 0 Å². The molecule has 0 spiro atoms. The van der Waals surface area contributed by atoms with Crippen LogP contribution in [0.1, 0.15) is 16.8 Å². The van der Waals surface area contributed by atoms with E-state index in [2.05, 4.69) is 5.32 Å². The molecular formula is C17H21N3O2. The van der Waals surface area contributed by atoms with Crippen LogP contribution in [0, 0.1) is 0 Å². The van der Waals surface area contributed by atoms with E-state index < -0.39 is 0 Å². The number of aromatic nitrogens is 1. The quantitative estimate of drug-likeness (QED) is 0.931. The average molecular weight is 299 g/mol. The summed E-state index contributed by atoms with van der Waals surface area (Å²) < 4.78 is 7.42.